The molecule has 1 aromatic rings. The van der Waals surface area contributed by atoms with Crippen molar-refractivity contribution >= 4 is 5.90 Å². The van der Waals surface area contributed by atoms with Crippen LogP contribution in [-0.2, 0) is 24.0 Å². The van der Waals surface area contributed by atoms with Crippen molar-refractivity contribution in [2.75, 3.05) is 13.7 Å². The molecule has 0 saturated heterocycles. The normalized spacial score (nSPS) is 13.2. The summed E-state index contributed by atoms with van der Waals surface area (Å²) in [6, 6.07) is 6.94. The molecule has 0 aliphatic rings. The first kappa shape index (κ1) is 19.7. The van der Waals surface area contributed by atoms with Crippen LogP contribution in [-0.4, -0.2) is 19.6 Å². The molecular weight excluding hydrogens is 282 g/mol. The molecule has 0 aliphatic heterocycles. The first-order valence-electron chi connectivity index (χ1n) is 9.36. The van der Waals surface area contributed by atoms with Gasteiger partial charge in [0.15, 0.2) is 5.90 Å². The summed E-state index contributed by atoms with van der Waals surface area (Å²) in [4.78, 5) is 4.33. The third-order valence-electron chi connectivity index (χ3n) is 4.52. The van der Waals surface area contributed by atoms with Crippen molar-refractivity contribution in [3.63, 3.8) is 0 Å². The predicted molar refractivity (Wildman–Crippen MR) is 102 cm³/mol. The molecule has 0 aromatic heterocycles. The van der Waals surface area contributed by atoms with Crippen LogP contribution in [0.25, 0.3) is 0 Å². The number of aryl methyl sites for hydroxylation is 3. The van der Waals surface area contributed by atoms with Gasteiger partial charge in [0.05, 0.1) is 6.61 Å². The van der Waals surface area contributed by atoms with Crippen LogP contribution in [0.5, 0.6) is 0 Å². The van der Waals surface area contributed by atoms with Crippen molar-refractivity contribution in [2.24, 2.45) is 10.9 Å². The van der Waals surface area contributed by atoms with Crippen molar-refractivity contribution in [3.05, 3.63) is 34.9 Å². The Labute approximate surface area is 143 Å². The fourth-order valence-corrected chi connectivity index (χ4v) is 3.02. The van der Waals surface area contributed by atoms with Crippen LogP contribution in [0.3, 0.4) is 0 Å². The molecule has 1 unspecified atom stereocenters. The number of benzene rings is 1. The van der Waals surface area contributed by atoms with E-state index in [1.807, 2.05) is 7.05 Å². The highest BCUT2D eigenvalue weighted by atomic mass is 16.5. The van der Waals surface area contributed by atoms with Crippen LogP contribution >= 0.6 is 0 Å². The van der Waals surface area contributed by atoms with E-state index in [4.69, 9.17) is 4.74 Å². The highest BCUT2D eigenvalue weighted by molar-refractivity contribution is 5.78. The average Bonchev–Trinajstić information content (AvgIpc) is 2.59. The summed E-state index contributed by atoms with van der Waals surface area (Å²) in [5.74, 6) is 1.37. The van der Waals surface area contributed by atoms with Gasteiger partial charge in [-0.15, -0.1) is 0 Å². The standard InChI is InChI=1S/C21H35NO/c1-6-9-11-17(4)21(22-5)23-15-10-12-18-13-14-19(7-2)20(8-3)16-18/h13-14,16-17H,6-12,15H2,1-5H3. The van der Waals surface area contributed by atoms with Gasteiger partial charge >= 0.3 is 0 Å². The van der Waals surface area contributed by atoms with Crippen molar-refractivity contribution in [1.29, 1.82) is 0 Å². The number of aliphatic imine (C=N–C) groups is 1. The fourth-order valence-electron chi connectivity index (χ4n) is 3.02. The summed E-state index contributed by atoms with van der Waals surface area (Å²) in [6.45, 7) is 9.68. The van der Waals surface area contributed by atoms with Gasteiger partial charge in [0.2, 0.25) is 0 Å². The Morgan fingerprint density at radius 1 is 1.09 bits per heavy atom. The zero-order chi connectivity index (χ0) is 17.1. The molecule has 0 amide bonds. The summed E-state index contributed by atoms with van der Waals surface area (Å²) < 4.78 is 5.92. The number of ether oxygens (including phenoxy) is 1. The Bertz CT molecular complexity index is 479. The quantitative estimate of drug-likeness (QED) is 0.312. The lowest BCUT2D eigenvalue weighted by atomic mass is 9.98. The van der Waals surface area contributed by atoms with Crippen molar-refractivity contribution in [3.8, 4) is 0 Å². The maximum Gasteiger partial charge on any atom is 0.185 e. The number of unbranched alkanes of at least 4 members (excludes halogenated alkanes) is 1. The second kappa shape index (κ2) is 11.3. The van der Waals surface area contributed by atoms with Crippen LogP contribution in [0.15, 0.2) is 23.2 Å². The maximum atomic E-state index is 5.92. The molecule has 1 rings (SSSR count). The fraction of sp³-hybridized carbons (Fsp3) is 0.667. The lowest BCUT2D eigenvalue weighted by molar-refractivity contribution is 0.274. The molecule has 0 radical (unpaired) electrons. The van der Waals surface area contributed by atoms with E-state index in [9.17, 15) is 0 Å². The van der Waals surface area contributed by atoms with Crippen molar-refractivity contribution in [2.45, 2.75) is 72.6 Å². The van der Waals surface area contributed by atoms with Gasteiger partial charge in [0.1, 0.15) is 0 Å². The first-order chi connectivity index (χ1) is 11.2. The van der Waals surface area contributed by atoms with E-state index in [0.717, 1.165) is 38.2 Å². The Morgan fingerprint density at radius 3 is 2.43 bits per heavy atom. The average molecular weight is 318 g/mol. The Morgan fingerprint density at radius 2 is 1.83 bits per heavy atom. The van der Waals surface area contributed by atoms with Gasteiger partial charge in [-0.1, -0.05) is 58.7 Å². The van der Waals surface area contributed by atoms with Gasteiger partial charge in [0, 0.05) is 13.0 Å². The number of rotatable bonds is 10. The number of hydrogen-bond acceptors (Lipinski definition) is 2. The summed E-state index contributed by atoms with van der Waals surface area (Å²) in [5, 5.41) is 0. The van der Waals surface area contributed by atoms with Gasteiger partial charge in [-0.3, -0.25) is 4.99 Å². The number of hydrogen-bond donors (Lipinski definition) is 0. The van der Waals surface area contributed by atoms with Crippen LogP contribution in [0.2, 0.25) is 0 Å². The minimum absolute atomic E-state index is 0.440. The highest BCUT2D eigenvalue weighted by Gasteiger charge is 2.10. The molecule has 2 nitrogen and oxygen atoms in total. The van der Waals surface area contributed by atoms with Crippen LogP contribution in [0.1, 0.15) is 70.1 Å². The smallest absolute Gasteiger partial charge is 0.185 e. The van der Waals surface area contributed by atoms with Gasteiger partial charge < -0.3 is 4.74 Å². The molecule has 0 fully saturated rings. The molecule has 0 spiro atoms. The summed E-state index contributed by atoms with van der Waals surface area (Å²) in [7, 11) is 1.84. The second-order valence-corrected chi connectivity index (χ2v) is 6.37. The third-order valence-corrected chi connectivity index (χ3v) is 4.52. The minimum atomic E-state index is 0.440. The van der Waals surface area contributed by atoms with E-state index in [-0.39, 0.29) is 0 Å². The maximum absolute atomic E-state index is 5.92. The third kappa shape index (κ3) is 6.76. The Balaban J connectivity index is 2.41. The molecule has 0 saturated carbocycles. The predicted octanol–water partition coefficient (Wildman–Crippen LogP) is 5.62. The lowest BCUT2D eigenvalue weighted by Gasteiger charge is -2.15. The summed E-state index contributed by atoms with van der Waals surface area (Å²) in [5.41, 5.74) is 4.41. The molecular formula is C21H35NO. The molecule has 0 bridgehead atoms. The van der Waals surface area contributed by atoms with Gasteiger partial charge in [-0.2, -0.15) is 0 Å². The van der Waals surface area contributed by atoms with Crippen molar-refractivity contribution in [1.82, 2.24) is 0 Å². The molecule has 1 atom stereocenters. The largest absolute Gasteiger partial charge is 0.481 e. The molecule has 0 N–H and O–H groups in total. The first-order valence-corrected chi connectivity index (χ1v) is 9.36. The van der Waals surface area contributed by atoms with Gasteiger partial charge in [-0.25, -0.2) is 0 Å². The summed E-state index contributed by atoms with van der Waals surface area (Å²) in [6.07, 6.45) is 8.02. The van der Waals surface area contributed by atoms with E-state index in [0.29, 0.717) is 5.92 Å². The second-order valence-electron chi connectivity index (χ2n) is 6.37. The van der Waals surface area contributed by atoms with Crippen LogP contribution in [0, 0.1) is 5.92 Å². The van der Waals surface area contributed by atoms with E-state index in [1.165, 1.54) is 36.0 Å². The zero-order valence-electron chi connectivity index (χ0n) is 15.8. The number of nitrogens with zero attached hydrogens (tertiary/aromatic N) is 1. The van der Waals surface area contributed by atoms with E-state index in [2.05, 4.69) is 50.9 Å². The van der Waals surface area contributed by atoms with E-state index < -0.39 is 0 Å². The molecule has 130 valence electrons. The van der Waals surface area contributed by atoms with Crippen LogP contribution < -0.4 is 0 Å². The molecule has 1 aromatic carbocycles. The zero-order valence-corrected chi connectivity index (χ0v) is 15.8. The van der Waals surface area contributed by atoms with Crippen molar-refractivity contribution < 1.29 is 4.74 Å². The SMILES string of the molecule is CCCCC(C)C(=NC)OCCCc1ccc(CC)c(CC)c1. The molecule has 0 heterocycles. The lowest BCUT2D eigenvalue weighted by Crippen LogP contribution is -2.16. The monoisotopic (exact) mass is 317 g/mol. The molecule has 23 heavy (non-hydrogen) atoms. The highest BCUT2D eigenvalue weighted by Crippen LogP contribution is 2.16. The van der Waals surface area contributed by atoms with Gasteiger partial charge in [-0.05, 0) is 48.8 Å². The molecule has 2 heteroatoms. The Kier molecular flexibility index (Phi) is 9.66. The van der Waals surface area contributed by atoms with Crippen LogP contribution in [0.4, 0.5) is 0 Å². The van der Waals surface area contributed by atoms with Gasteiger partial charge in [0.25, 0.3) is 0 Å². The molecule has 0 aliphatic carbocycles. The van der Waals surface area contributed by atoms with E-state index in [1.54, 1.807) is 0 Å². The topological polar surface area (TPSA) is 21.6 Å². The van der Waals surface area contributed by atoms with E-state index >= 15 is 0 Å². The minimum Gasteiger partial charge on any atom is -0.481 e. The summed E-state index contributed by atoms with van der Waals surface area (Å²) >= 11 is 0. The Hall–Kier alpha value is -1.31.